The smallest absolute Gasteiger partial charge is 0.237 e. The maximum absolute atomic E-state index is 12.4. The lowest BCUT2D eigenvalue weighted by atomic mass is 10.2. The van der Waals surface area contributed by atoms with E-state index in [2.05, 4.69) is 20.8 Å². The van der Waals surface area contributed by atoms with Crippen LogP contribution in [0.15, 0.2) is 53.7 Å². The lowest BCUT2D eigenvalue weighted by molar-refractivity contribution is -0.116. The van der Waals surface area contributed by atoms with Crippen LogP contribution in [0.25, 0.3) is 0 Å². The van der Waals surface area contributed by atoms with E-state index in [4.69, 9.17) is 11.6 Å². The molecule has 0 saturated heterocycles. The molecule has 1 atom stereocenters. The number of anilines is 2. The van der Waals surface area contributed by atoms with E-state index < -0.39 is 0 Å². The van der Waals surface area contributed by atoms with Gasteiger partial charge in [0.15, 0.2) is 5.16 Å². The molecule has 1 unspecified atom stereocenters. The third-order valence-corrected chi connectivity index (χ3v) is 5.93. The van der Waals surface area contributed by atoms with Crippen LogP contribution in [0.1, 0.15) is 18.3 Å². The molecule has 0 aliphatic carbocycles. The number of benzene rings is 2. The van der Waals surface area contributed by atoms with Crippen molar-refractivity contribution < 1.29 is 9.59 Å². The highest BCUT2D eigenvalue weighted by Gasteiger charge is 2.20. The number of hydrogen-bond donors (Lipinski definition) is 2. The first kappa shape index (κ1) is 21.9. The van der Waals surface area contributed by atoms with Crippen LogP contribution in [-0.4, -0.2) is 31.8 Å². The van der Waals surface area contributed by atoms with E-state index in [0.717, 1.165) is 11.3 Å². The monoisotopic (exact) mass is 443 g/mol. The number of aryl methyl sites for hydroxylation is 1. The largest absolute Gasteiger partial charge is 0.326 e. The number of nitrogens with one attached hydrogen (secondary N) is 2. The summed E-state index contributed by atoms with van der Waals surface area (Å²) in [4.78, 5) is 24.8. The zero-order valence-electron chi connectivity index (χ0n) is 16.8. The average molecular weight is 444 g/mol. The lowest BCUT2D eigenvalue weighted by Crippen LogP contribution is -2.23. The fourth-order valence-electron chi connectivity index (χ4n) is 2.60. The third kappa shape index (κ3) is 5.61. The van der Waals surface area contributed by atoms with Crippen molar-refractivity contribution in [3.8, 4) is 0 Å². The number of aromatic nitrogens is 3. The number of hydrogen-bond acceptors (Lipinski definition) is 5. The second-order valence-corrected chi connectivity index (χ2v) is 8.48. The molecule has 156 valence electrons. The first-order valence-electron chi connectivity index (χ1n) is 9.30. The lowest BCUT2D eigenvalue weighted by Gasteiger charge is -2.11. The highest BCUT2D eigenvalue weighted by molar-refractivity contribution is 8.00. The predicted molar refractivity (Wildman–Crippen MR) is 120 cm³/mol. The first-order valence-corrected chi connectivity index (χ1v) is 10.6. The average Bonchev–Trinajstić information content (AvgIpc) is 3.05. The van der Waals surface area contributed by atoms with Crippen LogP contribution >= 0.6 is 23.4 Å². The van der Waals surface area contributed by atoms with Gasteiger partial charge in [-0.2, -0.15) is 0 Å². The Labute approximate surface area is 184 Å². The zero-order chi connectivity index (χ0) is 21.7. The minimum Gasteiger partial charge on any atom is -0.326 e. The second kappa shape index (κ2) is 9.77. The van der Waals surface area contributed by atoms with Crippen molar-refractivity contribution in [2.75, 3.05) is 10.6 Å². The molecule has 2 amide bonds. The number of carbonyl (C=O) groups excluding carboxylic acids is 2. The molecule has 2 aromatic carbocycles. The second-order valence-electron chi connectivity index (χ2n) is 6.76. The van der Waals surface area contributed by atoms with Gasteiger partial charge < -0.3 is 15.2 Å². The van der Waals surface area contributed by atoms with E-state index in [1.165, 1.54) is 11.8 Å². The maximum atomic E-state index is 12.4. The van der Waals surface area contributed by atoms with E-state index in [0.29, 0.717) is 21.7 Å². The van der Waals surface area contributed by atoms with Crippen LogP contribution < -0.4 is 10.6 Å². The van der Waals surface area contributed by atoms with Crippen molar-refractivity contribution >= 4 is 46.6 Å². The van der Waals surface area contributed by atoms with Crippen LogP contribution in [0, 0.1) is 6.92 Å². The van der Waals surface area contributed by atoms with Crippen LogP contribution in [-0.2, 0) is 23.1 Å². The first-order chi connectivity index (χ1) is 14.3. The topological polar surface area (TPSA) is 88.9 Å². The van der Waals surface area contributed by atoms with Crippen molar-refractivity contribution in [1.82, 2.24) is 14.8 Å². The van der Waals surface area contributed by atoms with Crippen LogP contribution in [0.3, 0.4) is 0 Å². The Morgan fingerprint density at radius 2 is 1.83 bits per heavy atom. The van der Waals surface area contributed by atoms with Crippen molar-refractivity contribution in [2.45, 2.75) is 30.7 Å². The summed E-state index contributed by atoms with van der Waals surface area (Å²) in [5.74, 6) is 0.144. The highest BCUT2D eigenvalue weighted by atomic mass is 35.5. The fourth-order valence-corrected chi connectivity index (χ4v) is 3.61. The van der Waals surface area contributed by atoms with Crippen molar-refractivity contribution in [3.63, 3.8) is 0 Å². The Bertz CT molecular complexity index is 1050. The van der Waals surface area contributed by atoms with Crippen molar-refractivity contribution in [1.29, 1.82) is 0 Å². The minimum atomic E-state index is -0.385. The van der Waals surface area contributed by atoms with Gasteiger partial charge in [0.05, 0.1) is 11.7 Å². The molecule has 30 heavy (non-hydrogen) atoms. The minimum absolute atomic E-state index is 0.0557. The molecule has 9 heteroatoms. The van der Waals surface area contributed by atoms with Gasteiger partial charge in [0.2, 0.25) is 11.8 Å². The molecule has 2 N–H and O–H groups in total. The summed E-state index contributed by atoms with van der Waals surface area (Å²) in [5, 5.41) is 14.7. The summed E-state index contributed by atoms with van der Waals surface area (Å²) in [6.07, 6.45) is 0.0557. The normalized spacial score (nSPS) is 11.7. The zero-order valence-corrected chi connectivity index (χ0v) is 18.4. The molecule has 3 rings (SSSR count). The van der Waals surface area contributed by atoms with Gasteiger partial charge in [-0.1, -0.05) is 47.6 Å². The Balaban J connectivity index is 1.58. The molecule has 7 nitrogen and oxygen atoms in total. The Kier molecular flexibility index (Phi) is 7.12. The third-order valence-electron chi connectivity index (χ3n) is 4.39. The van der Waals surface area contributed by atoms with Gasteiger partial charge in [-0.3, -0.25) is 9.59 Å². The van der Waals surface area contributed by atoms with Gasteiger partial charge in [-0.15, -0.1) is 10.2 Å². The van der Waals surface area contributed by atoms with Gasteiger partial charge in [0.25, 0.3) is 0 Å². The summed E-state index contributed by atoms with van der Waals surface area (Å²) in [6.45, 7) is 3.69. The van der Waals surface area contributed by atoms with Crippen LogP contribution in [0.5, 0.6) is 0 Å². The number of thioether (sulfide) groups is 1. The van der Waals surface area contributed by atoms with E-state index in [9.17, 15) is 9.59 Å². The number of rotatable bonds is 7. The molecule has 0 spiro atoms. The van der Waals surface area contributed by atoms with E-state index in [1.54, 1.807) is 30.7 Å². The molecule has 0 radical (unpaired) electrons. The number of halogens is 1. The molecule has 0 bridgehead atoms. The Morgan fingerprint density at radius 3 is 2.53 bits per heavy atom. The maximum Gasteiger partial charge on any atom is 0.237 e. The molecule has 0 aliphatic heterocycles. The van der Waals surface area contributed by atoms with E-state index in [1.807, 2.05) is 43.3 Å². The number of para-hydroxylation sites is 1. The van der Waals surface area contributed by atoms with Gasteiger partial charge in [-0.25, -0.2) is 0 Å². The molecule has 1 aromatic heterocycles. The highest BCUT2D eigenvalue weighted by Crippen LogP contribution is 2.23. The van der Waals surface area contributed by atoms with E-state index in [-0.39, 0.29) is 23.5 Å². The van der Waals surface area contributed by atoms with Gasteiger partial charge in [0.1, 0.15) is 5.82 Å². The summed E-state index contributed by atoms with van der Waals surface area (Å²) in [5.41, 5.74) is 2.30. The van der Waals surface area contributed by atoms with Crippen molar-refractivity contribution in [3.05, 3.63) is 64.9 Å². The summed E-state index contributed by atoms with van der Waals surface area (Å²) < 4.78 is 1.72. The summed E-state index contributed by atoms with van der Waals surface area (Å²) in [7, 11) is 1.77. The summed E-state index contributed by atoms with van der Waals surface area (Å²) >= 11 is 7.38. The van der Waals surface area contributed by atoms with Gasteiger partial charge >= 0.3 is 0 Å². The predicted octanol–water partition coefficient (Wildman–Crippen LogP) is 4.08. The summed E-state index contributed by atoms with van der Waals surface area (Å²) in [6, 6.07) is 14.6. The molecule has 0 saturated carbocycles. The standard InChI is InChI=1S/C21H22ClN5O2S/c1-13-9-10-16(11-17(13)22)23-19(28)12-18-25-26-21(27(18)3)30-14(2)20(29)24-15-7-5-4-6-8-15/h4-11,14H,12H2,1-3H3,(H,23,28)(H,24,29). The SMILES string of the molecule is Cc1ccc(NC(=O)Cc2nnc(SC(C)C(=O)Nc3ccccc3)n2C)cc1Cl. The van der Waals surface area contributed by atoms with E-state index >= 15 is 0 Å². The number of amides is 2. The van der Waals surface area contributed by atoms with Crippen molar-refractivity contribution in [2.24, 2.45) is 7.05 Å². The molecule has 1 heterocycles. The number of carbonyl (C=O) groups is 2. The molecule has 0 fully saturated rings. The Hall–Kier alpha value is -2.84. The quantitative estimate of drug-likeness (QED) is 0.537. The molecular weight excluding hydrogens is 422 g/mol. The molecule has 3 aromatic rings. The van der Waals surface area contributed by atoms with Crippen LogP contribution in [0.4, 0.5) is 11.4 Å². The van der Waals surface area contributed by atoms with Gasteiger partial charge in [-0.05, 0) is 43.7 Å². The van der Waals surface area contributed by atoms with Crippen LogP contribution in [0.2, 0.25) is 5.02 Å². The fraction of sp³-hybridized carbons (Fsp3) is 0.238. The number of nitrogens with zero attached hydrogens (tertiary/aromatic N) is 3. The molecule has 0 aliphatic rings. The molecular formula is C21H22ClN5O2S. The van der Waals surface area contributed by atoms with Gasteiger partial charge in [0, 0.05) is 23.4 Å². The Morgan fingerprint density at radius 1 is 1.10 bits per heavy atom.